The summed E-state index contributed by atoms with van der Waals surface area (Å²) in [5.41, 5.74) is 5.43. The van der Waals surface area contributed by atoms with E-state index in [1.165, 1.54) is 19.2 Å². The van der Waals surface area contributed by atoms with Gasteiger partial charge in [0.1, 0.15) is 17.4 Å². The second kappa shape index (κ2) is 5.69. The standard InChI is InChI=1S/C14H13F2NO3S/c1-20-11-4-2-9(12(16)7-11)8-21(18,19)14-6-10(15)3-5-13(14)17/h2-7H,8,17H2,1H3. The minimum Gasteiger partial charge on any atom is -0.497 e. The van der Waals surface area contributed by atoms with Crippen molar-refractivity contribution in [2.75, 3.05) is 12.8 Å². The summed E-state index contributed by atoms with van der Waals surface area (Å²) in [4.78, 5) is -0.349. The normalized spacial score (nSPS) is 11.4. The van der Waals surface area contributed by atoms with Crippen LogP contribution in [0.5, 0.6) is 5.75 Å². The van der Waals surface area contributed by atoms with Gasteiger partial charge in [0.25, 0.3) is 0 Å². The summed E-state index contributed by atoms with van der Waals surface area (Å²) in [7, 11) is -2.58. The molecule has 0 aliphatic carbocycles. The second-order valence-electron chi connectivity index (χ2n) is 4.40. The molecule has 2 N–H and O–H groups in total. The van der Waals surface area contributed by atoms with Crippen LogP contribution in [0.2, 0.25) is 0 Å². The molecule has 0 heterocycles. The van der Waals surface area contributed by atoms with Gasteiger partial charge in [0.05, 0.1) is 23.4 Å². The summed E-state index contributed by atoms with van der Waals surface area (Å²) in [5.74, 6) is -1.78. The molecule has 2 aromatic rings. The topological polar surface area (TPSA) is 69.4 Å². The van der Waals surface area contributed by atoms with E-state index in [0.29, 0.717) is 0 Å². The first-order chi connectivity index (χ1) is 9.83. The van der Waals surface area contributed by atoms with Crippen LogP contribution in [0.15, 0.2) is 41.3 Å². The molecule has 0 fully saturated rings. The molecule has 2 rings (SSSR count). The number of anilines is 1. The molecule has 7 heteroatoms. The third-order valence-electron chi connectivity index (χ3n) is 2.92. The van der Waals surface area contributed by atoms with Crippen LogP contribution in [0.3, 0.4) is 0 Å². The average Bonchev–Trinajstić information content (AvgIpc) is 2.43. The van der Waals surface area contributed by atoms with Gasteiger partial charge in [-0.3, -0.25) is 0 Å². The van der Waals surface area contributed by atoms with Crippen molar-refractivity contribution in [3.05, 3.63) is 53.6 Å². The van der Waals surface area contributed by atoms with E-state index in [0.717, 1.165) is 24.3 Å². The maximum absolute atomic E-state index is 13.8. The number of methoxy groups -OCH3 is 1. The first kappa shape index (κ1) is 15.2. The van der Waals surface area contributed by atoms with Crippen LogP contribution in [0, 0.1) is 11.6 Å². The number of nitrogen functional groups attached to an aromatic ring is 1. The van der Waals surface area contributed by atoms with Gasteiger partial charge in [-0.2, -0.15) is 0 Å². The molecule has 0 bridgehead atoms. The van der Waals surface area contributed by atoms with Crippen molar-refractivity contribution in [1.82, 2.24) is 0 Å². The predicted octanol–water partition coefficient (Wildman–Crippen LogP) is 2.53. The van der Waals surface area contributed by atoms with Crippen LogP contribution < -0.4 is 10.5 Å². The van der Waals surface area contributed by atoms with E-state index < -0.39 is 27.2 Å². The molecular formula is C14H13F2NO3S. The number of benzene rings is 2. The van der Waals surface area contributed by atoms with E-state index in [1.54, 1.807) is 0 Å². The van der Waals surface area contributed by atoms with Crippen molar-refractivity contribution < 1.29 is 21.9 Å². The maximum atomic E-state index is 13.8. The summed E-state index contributed by atoms with van der Waals surface area (Å²) in [6.45, 7) is 0. The van der Waals surface area contributed by atoms with Gasteiger partial charge in [-0.05, 0) is 24.3 Å². The lowest BCUT2D eigenvalue weighted by molar-refractivity contribution is 0.411. The fourth-order valence-electron chi connectivity index (χ4n) is 1.83. The lowest BCUT2D eigenvalue weighted by atomic mass is 10.2. The Hall–Kier alpha value is -2.15. The van der Waals surface area contributed by atoms with Gasteiger partial charge in [-0.1, -0.05) is 6.07 Å². The van der Waals surface area contributed by atoms with Gasteiger partial charge in [0, 0.05) is 11.6 Å². The summed E-state index contributed by atoms with van der Waals surface area (Å²) in [6, 6.07) is 6.88. The molecule has 21 heavy (non-hydrogen) atoms. The number of nitrogens with two attached hydrogens (primary N) is 1. The van der Waals surface area contributed by atoms with Gasteiger partial charge >= 0.3 is 0 Å². The third-order valence-corrected chi connectivity index (χ3v) is 4.63. The third kappa shape index (κ3) is 3.30. The highest BCUT2D eigenvalue weighted by molar-refractivity contribution is 7.90. The minimum atomic E-state index is -3.95. The van der Waals surface area contributed by atoms with Crippen LogP contribution in [-0.4, -0.2) is 15.5 Å². The first-order valence-corrected chi connectivity index (χ1v) is 7.59. The Morgan fingerprint density at radius 2 is 1.86 bits per heavy atom. The van der Waals surface area contributed by atoms with Crippen molar-refractivity contribution in [1.29, 1.82) is 0 Å². The molecule has 0 atom stereocenters. The number of hydrogen-bond donors (Lipinski definition) is 1. The van der Waals surface area contributed by atoms with E-state index in [1.807, 2.05) is 0 Å². The van der Waals surface area contributed by atoms with E-state index in [-0.39, 0.29) is 21.9 Å². The lowest BCUT2D eigenvalue weighted by Gasteiger charge is -2.09. The summed E-state index contributed by atoms with van der Waals surface area (Å²) >= 11 is 0. The van der Waals surface area contributed by atoms with Crippen molar-refractivity contribution in [2.45, 2.75) is 10.6 Å². The van der Waals surface area contributed by atoms with Crippen molar-refractivity contribution in [2.24, 2.45) is 0 Å². The van der Waals surface area contributed by atoms with E-state index >= 15 is 0 Å². The zero-order valence-corrected chi connectivity index (χ0v) is 12.0. The van der Waals surface area contributed by atoms with Crippen LogP contribution in [0.1, 0.15) is 5.56 Å². The summed E-state index contributed by atoms with van der Waals surface area (Å²) in [6.07, 6.45) is 0. The average molecular weight is 313 g/mol. The highest BCUT2D eigenvalue weighted by atomic mass is 32.2. The first-order valence-electron chi connectivity index (χ1n) is 5.93. The number of ether oxygens (including phenoxy) is 1. The molecule has 0 aromatic heterocycles. The van der Waals surface area contributed by atoms with Crippen LogP contribution in [0.4, 0.5) is 14.5 Å². The zero-order chi connectivity index (χ0) is 15.6. The molecular weight excluding hydrogens is 300 g/mol. The van der Waals surface area contributed by atoms with Crippen LogP contribution in [-0.2, 0) is 15.6 Å². The van der Waals surface area contributed by atoms with Crippen molar-refractivity contribution >= 4 is 15.5 Å². The maximum Gasteiger partial charge on any atom is 0.184 e. The molecule has 0 unspecified atom stereocenters. The predicted molar refractivity (Wildman–Crippen MR) is 74.7 cm³/mol. The Morgan fingerprint density at radius 3 is 2.48 bits per heavy atom. The molecule has 0 saturated heterocycles. The largest absolute Gasteiger partial charge is 0.497 e. The van der Waals surface area contributed by atoms with E-state index in [4.69, 9.17) is 10.5 Å². The summed E-state index contributed by atoms with van der Waals surface area (Å²) < 4.78 is 56.3. The Bertz CT molecular complexity index is 776. The molecule has 0 aliphatic rings. The number of halogens is 2. The van der Waals surface area contributed by atoms with Gasteiger partial charge in [-0.15, -0.1) is 0 Å². The Morgan fingerprint density at radius 1 is 1.14 bits per heavy atom. The second-order valence-corrected chi connectivity index (χ2v) is 6.36. The number of sulfone groups is 1. The summed E-state index contributed by atoms with van der Waals surface area (Å²) in [5, 5.41) is 0. The Balaban J connectivity index is 2.40. The molecule has 2 aromatic carbocycles. The van der Waals surface area contributed by atoms with Crippen LogP contribution >= 0.6 is 0 Å². The quantitative estimate of drug-likeness (QED) is 0.881. The van der Waals surface area contributed by atoms with Gasteiger partial charge in [0.2, 0.25) is 0 Å². The molecule has 0 spiro atoms. The molecule has 0 amide bonds. The van der Waals surface area contributed by atoms with Gasteiger partial charge in [0.15, 0.2) is 9.84 Å². The van der Waals surface area contributed by atoms with E-state index in [2.05, 4.69) is 0 Å². The van der Waals surface area contributed by atoms with E-state index in [9.17, 15) is 17.2 Å². The Kier molecular flexibility index (Phi) is 4.13. The zero-order valence-electron chi connectivity index (χ0n) is 11.1. The van der Waals surface area contributed by atoms with Gasteiger partial charge in [-0.25, -0.2) is 17.2 Å². The Labute approximate surface area is 121 Å². The number of rotatable bonds is 4. The molecule has 4 nitrogen and oxygen atoms in total. The SMILES string of the molecule is COc1ccc(CS(=O)(=O)c2cc(F)ccc2N)c(F)c1. The smallest absolute Gasteiger partial charge is 0.184 e. The molecule has 112 valence electrons. The van der Waals surface area contributed by atoms with Crippen LogP contribution in [0.25, 0.3) is 0 Å². The highest BCUT2D eigenvalue weighted by Crippen LogP contribution is 2.25. The van der Waals surface area contributed by atoms with Crippen molar-refractivity contribution in [3.8, 4) is 5.75 Å². The molecule has 0 saturated carbocycles. The molecule has 0 aliphatic heterocycles. The monoisotopic (exact) mass is 313 g/mol. The fraction of sp³-hybridized carbons (Fsp3) is 0.143. The minimum absolute atomic E-state index is 0.0422. The lowest BCUT2D eigenvalue weighted by Crippen LogP contribution is -2.09. The van der Waals surface area contributed by atoms with Crippen molar-refractivity contribution in [3.63, 3.8) is 0 Å². The van der Waals surface area contributed by atoms with Gasteiger partial charge < -0.3 is 10.5 Å². The highest BCUT2D eigenvalue weighted by Gasteiger charge is 2.21. The fourth-order valence-corrected chi connectivity index (χ4v) is 3.35. The number of hydrogen-bond acceptors (Lipinski definition) is 4. The molecule has 0 radical (unpaired) electrons.